The van der Waals surface area contributed by atoms with Crippen LogP contribution in [0.4, 0.5) is 27.6 Å². The first-order valence-electron chi connectivity index (χ1n) is 41.0. The summed E-state index contributed by atoms with van der Waals surface area (Å²) < 4.78 is 118. The van der Waals surface area contributed by atoms with Gasteiger partial charge in [-0.25, -0.2) is 24.0 Å². The zero-order valence-corrected chi connectivity index (χ0v) is 74.9. The van der Waals surface area contributed by atoms with Crippen molar-refractivity contribution >= 4 is 40.3 Å². The van der Waals surface area contributed by atoms with Crippen LogP contribution >= 0.6 is 0 Å². The Morgan fingerprint density at radius 3 is 1.28 bits per heavy atom. The highest BCUT2D eigenvalue weighted by molar-refractivity contribution is 7.87. The molecule has 0 bridgehead atoms. The number of rotatable bonds is 28. The Bertz CT molecular complexity index is 3870. The van der Waals surface area contributed by atoms with Crippen LogP contribution in [0, 0.1) is 17.3 Å². The Morgan fingerprint density at radius 2 is 0.915 bits per heavy atom. The third kappa shape index (κ3) is 46.9. The molecule has 0 radical (unpaired) electrons. The molecule has 3 N–H and O–H groups in total. The largest absolute Gasteiger partial charge is 0.523 e. The second-order valence-electron chi connectivity index (χ2n) is 35.1. The van der Waals surface area contributed by atoms with Gasteiger partial charge in [0.15, 0.2) is 12.2 Å². The minimum absolute atomic E-state index is 0.0431. The number of hydrogen-bond acceptors (Lipinski definition) is 18. The number of carbonyl (C=O) groups excluding carboxylic acids is 5. The minimum atomic E-state index is -5.56. The van der Waals surface area contributed by atoms with Crippen LogP contribution < -0.4 is 16.0 Å². The minimum Gasteiger partial charge on any atom is -0.495 e. The molecule has 8 rings (SSSR count). The van der Waals surface area contributed by atoms with Crippen LogP contribution in [0.25, 0.3) is 0 Å². The van der Waals surface area contributed by atoms with Gasteiger partial charge in [0, 0.05) is 6.42 Å². The maximum absolute atomic E-state index is 12.7. The summed E-state index contributed by atoms with van der Waals surface area (Å²) in [5.74, 6) is 1.58. The molecular formula is C93H138F3N3O18S. The normalized spacial score (nSPS) is 17.5. The highest BCUT2D eigenvalue weighted by atomic mass is 32.2. The molecule has 6 atom stereocenters. The van der Waals surface area contributed by atoms with Crippen LogP contribution in [0.1, 0.15) is 244 Å². The number of esters is 2. The first-order valence-corrected chi connectivity index (χ1v) is 42.4. The van der Waals surface area contributed by atoms with Crippen molar-refractivity contribution in [1.82, 2.24) is 16.0 Å². The topological polar surface area (TPSA) is 257 Å². The van der Waals surface area contributed by atoms with Gasteiger partial charge in [0.2, 0.25) is 0 Å². The van der Waals surface area contributed by atoms with Crippen LogP contribution in [0.2, 0.25) is 0 Å². The molecule has 1 aliphatic heterocycles. The van der Waals surface area contributed by atoms with Crippen LogP contribution in [-0.4, -0.2) is 122 Å². The Labute approximate surface area is 702 Å². The van der Waals surface area contributed by atoms with E-state index in [1.807, 2.05) is 227 Å². The molecule has 3 aliphatic rings. The molecule has 2 aliphatic carbocycles. The number of allylic oxidation sites excluding steroid dienone is 3. The molecular weight excluding hydrogens is 1540 g/mol. The summed E-state index contributed by atoms with van der Waals surface area (Å²) in [6.45, 7) is 44.0. The second kappa shape index (κ2) is 50.7. The summed E-state index contributed by atoms with van der Waals surface area (Å²) in [5, 5.41) is 7.97. The van der Waals surface area contributed by atoms with Gasteiger partial charge in [0.25, 0.3) is 0 Å². The molecule has 2 unspecified atom stereocenters. The Morgan fingerprint density at radius 1 is 0.500 bits per heavy atom. The molecule has 5 aromatic rings. The Balaban J connectivity index is 0.000000378. The molecule has 2 fully saturated rings. The van der Waals surface area contributed by atoms with Crippen molar-refractivity contribution in [2.75, 3.05) is 13.2 Å². The maximum atomic E-state index is 12.7. The number of nitrogens with one attached hydrogen (secondary N) is 3. The van der Waals surface area contributed by atoms with Crippen molar-refractivity contribution in [3.05, 3.63) is 203 Å². The number of ether oxygens (including phenoxy) is 10. The van der Waals surface area contributed by atoms with E-state index in [9.17, 15) is 45.6 Å². The molecule has 1 heterocycles. The van der Waals surface area contributed by atoms with Crippen molar-refractivity contribution in [3.8, 4) is 0 Å². The lowest BCUT2D eigenvalue weighted by atomic mass is 9.80. The van der Waals surface area contributed by atoms with Crippen molar-refractivity contribution in [3.63, 3.8) is 0 Å². The number of amides is 3. The predicted molar refractivity (Wildman–Crippen MR) is 456 cm³/mol. The summed E-state index contributed by atoms with van der Waals surface area (Å²) in [5.41, 5.74) is -2.81. The summed E-state index contributed by atoms with van der Waals surface area (Å²) in [4.78, 5) is 60.8. The van der Waals surface area contributed by atoms with E-state index in [0.29, 0.717) is 36.7 Å². The van der Waals surface area contributed by atoms with Crippen LogP contribution in [-0.2, 0) is 104 Å². The van der Waals surface area contributed by atoms with Crippen molar-refractivity contribution < 1.29 is 97.1 Å². The molecule has 25 heteroatoms. The fraction of sp³-hybridized carbons (Fsp3) is 0.581. The van der Waals surface area contributed by atoms with Gasteiger partial charge >= 0.3 is 45.8 Å². The van der Waals surface area contributed by atoms with E-state index in [4.69, 9.17) is 47.4 Å². The van der Waals surface area contributed by atoms with Gasteiger partial charge in [0.1, 0.15) is 38.6 Å². The average Bonchev–Trinajstić information content (AvgIpc) is 0.842. The van der Waals surface area contributed by atoms with Crippen LogP contribution in [0.3, 0.4) is 0 Å². The fourth-order valence-corrected chi connectivity index (χ4v) is 12.4. The fourth-order valence-electron chi connectivity index (χ4n) is 11.6. The molecule has 0 spiro atoms. The number of hydrogen-bond donors (Lipinski definition) is 3. The summed E-state index contributed by atoms with van der Waals surface area (Å²) in [6.07, 6.45) is 12.1. The van der Waals surface area contributed by atoms with E-state index in [2.05, 4.69) is 88.5 Å². The smallest absolute Gasteiger partial charge is 0.495 e. The summed E-state index contributed by atoms with van der Waals surface area (Å²) in [7, 11) is -5.56. The lowest BCUT2D eigenvalue weighted by Gasteiger charge is -2.38. The standard InChI is InChI=1S/C23H29NO5.C22H27NO5.C15H23NO3.C12H19F3O3S.C11H20O.C10H20O/c1-17(24-22(26)28-16-19-13-9-6-10-14-19)20(29-23(2,3)4)21(25)27-15-18-11-7-5-8-12-18;1-22(2,3)28-19(20(24)26-15-17-10-6-4-7-11-17)14-23-21(25)27-16-18-12-8-5-9-13-18;1-12(10-19-15(2,3)4)16-14(17)18-11-13-8-6-5-7-9-13;1-4-9-5-7-10(8-6-9)11(2,3)18-19(16,17)12(13,14)15;1-5-9-6-7-10(12-9)8-11(2,3)4;1-5-8-6-9(7-8)11-10(2,3)4/h5-14,17,20H,15-16H2,1-4H3,(H,24,26);4-13,19H,14-16H2,1-3H3,(H,23,25);5-9,12H,10-11H2,1-4H3,(H,16,17);7,9H,4-6,8H2,1-3H3;8-9H,5-7H2,1-4H3;8-9H,5-7H2,1-4H3/b;;;;10-8-;/t17-,20-;19-;12-;;;/m110.../s1. The van der Waals surface area contributed by atoms with E-state index in [1.54, 1.807) is 6.92 Å². The van der Waals surface area contributed by atoms with E-state index >= 15 is 0 Å². The van der Waals surface area contributed by atoms with Gasteiger partial charge in [-0.15, -0.1) is 0 Å². The number of alkyl halides is 3. The molecule has 660 valence electrons. The van der Waals surface area contributed by atoms with Crippen LogP contribution in [0.15, 0.2) is 175 Å². The molecule has 1 saturated heterocycles. The summed E-state index contributed by atoms with van der Waals surface area (Å²) in [6, 6.07) is 46.3. The second-order valence-corrected chi connectivity index (χ2v) is 36.6. The Hall–Kier alpha value is -8.33. The number of alkyl carbamates (subject to hydrolysis) is 3. The van der Waals surface area contributed by atoms with Crippen LogP contribution in [0.5, 0.6) is 0 Å². The highest BCUT2D eigenvalue weighted by Crippen LogP contribution is 2.38. The molecule has 3 amide bonds. The molecule has 21 nitrogen and oxygen atoms in total. The maximum Gasteiger partial charge on any atom is 0.523 e. The average molecular weight is 1680 g/mol. The number of halogens is 3. The first-order chi connectivity index (χ1) is 55.0. The quantitative estimate of drug-likeness (QED) is 0.0138. The van der Waals surface area contributed by atoms with Crippen molar-refractivity contribution in [1.29, 1.82) is 0 Å². The molecule has 0 aromatic heterocycles. The van der Waals surface area contributed by atoms with Gasteiger partial charge in [-0.2, -0.15) is 21.6 Å². The first kappa shape index (κ1) is 104. The lowest BCUT2D eigenvalue weighted by molar-refractivity contribution is -0.170. The lowest BCUT2D eigenvalue weighted by Crippen LogP contribution is -2.49. The van der Waals surface area contributed by atoms with E-state index in [0.717, 1.165) is 65.8 Å². The zero-order chi connectivity index (χ0) is 88.6. The van der Waals surface area contributed by atoms with Crippen molar-refractivity contribution in [2.24, 2.45) is 17.3 Å². The van der Waals surface area contributed by atoms with E-state index in [-0.39, 0.29) is 62.2 Å². The predicted octanol–water partition coefficient (Wildman–Crippen LogP) is 21.4. The van der Waals surface area contributed by atoms with Gasteiger partial charge in [-0.1, -0.05) is 212 Å². The van der Waals surface area contributed by atoms with Gasteiger partial charge < -0.3 is 63.3 Å². The SMILES string of the molecule is CC(C)(C)O[C@H](CNC(=O)OCc1ccccc1)C(=O)OCc1ccccc1.CCC1CC(OC(C)(C)C)C1.CCC1CC/C(=C/C(C)(C)C)O1.CCC1CC=C(C(C)(C)OS(=O)(=O)C(F)(F)F)CC1.C[C@@H](COC(C)(C)C)NC(=O)OCc1ccccc1.C[C@@H](NC(=O)OCc1ccccc1)[C@@H](OC(C)(C)C)C(=O)OCc1ccccc1. The van der Waals surface area contributed by atoms with Gasteiger partial charge in [0.05, 0.1) is 65.6 Å². The van der Waals surface area contributed by atoms with E-state index < -0.39 is 80.9 Å². The molecule has 5 aromatic carbocycles. The zero-order valence-electron chi connectivity index (χ0n) is 74.1. The summed E-state index contributed by atoms with van der Waals surface area (Å²) >= 11 is 0. The molecule has 118 heavy (non-hydrogen) atoms. The molecule has 1 saturated carbocycles. The van der Waals surface area contributed by atoms with Gasteiger partial charge in [-0.3, -0.25) is 4.18 Å². The monoisotopic (exact) mass is 1670 g/mol. The Kier molecular flexibility index (Phi) is 44.6. The van der Waals surface area contributed by atoms with E-state index in [1.165, 1.54) is 45.3 Å². The number of carbonyl (C=O) groups is 5. The number of benzene rings is 5. The highest BCUT2D eigenvalue weighted by Gasteiger charge is 2.51. The third-order valence-electron chi connectivity index (χ3n) is 17.8. The third-order valence-corrected chi connectivity index (χ3v) is 19.0. The van der Waals surface area contributed by atoms with Crippen molar-refractivity contribution in [2.45, 2.75) is 320 Å². The van der Waals surface area contributed by atoms with Gasteiger partial charge in [-0.05, 0) is 212 Å².